The smallest absolute Gasteiger partial charge is 0.339 e. The van der Waals surface area contributed by atoms with Crippen molar-refractivity contribution in [1.82, 2.24) is 9.55 Å². The zero-order chi connectivity index (χ0) is 14.8. The molecule has 0 fully saturated rings. The molecule has 0 bridgehead atoms. The van der Waals surface area contributed by atoms with E-state index in [0.29, 0.717) is 12.2 Å². The number of rotatable bonds is 3. The molecular formula is C17H16N2O2. The van der Waals surface area contributed by atoms with Gasteiger partial charge in [-0.15, -0.1) is 0 Å². The number of fused-ring (bicyclic) bond motifs is 1. The molecule has 2 aromatic heterocycles. The molecule has 21 heavy (non-hydrogen) atoms. The SMILES string of the molecule is CCOC(=O)c1ccc(-c2cn(C)c3ccccc23)nc1. The van der Waals surface area contributed by atoms with E-state index in [4.69, 9.17) is 4.74 Å². The van der Waals surface area contributed by atoms with E-state index in [1.807, 2.05) is 25.2 Å². The highest BCUT2D eigenvalue weighted by atomic mass is 16.5. The first-order valence-electron chi connectivity index (χ1n) is 6.88. The minimum Gasteiger partial charge on any atom is -0.462 e. The van der Waals surface area contributed by atoms with Crippen LogP contribution in [0.4, 0.5) is 0 Å². The molecule has 0 saturated heterocycles. The average molecular weight is 280 g/mol. The summed E-state index contributed by atoms with van der Waals surface area (Å²) in [5, 5.41) is 1.15. The molecule has 0 atom stereocenters. The molecule has 4 heteroatoms. The molecule has 2 heterocycles. The van der Waals surface area contributed by atoms with Crippen LogP contribution in [-0.4, -0.2) is 22.1 Å². The number of ether oxygens (including phenoxy) is 1. The van der Waals surface area contributed by atoms with Gasteiger partial charge in [0.25, 0.3) is 0 Å². The Morgan fingerprint density at radius 1 is 1.24 bits per heavy atom. The summed E-state index contributed by atoms with van der Waals surface area (Å²) < 4.78 is 7.04. The van der Waals surface area contributed by atoms with Crippen LogP contribution < -0.4 is 0 Å². The van der Waals surface area contributed by atoms with E-state index in [0.717, 1.165) is 22.2 Å². The van der Waals surface area contributed by atoms with Crippen LogP contribution in [0.3, 0.4) is 0 Å². The third-order valence-electron chi connectivity index (χ3n) is 3.45. The minimum atomic E-state index is -0.338. The molecule has 0 spiro atoms. The van der Waals surface area contributed by atoms with Crippen molar-refractivity contribution < 1.29 is 9.53 Å². The van der Waals surface area contributed by atoms with Gasteiger partial charge in [-0.05, 0) is 25.1 Å². The second-order valence-electron chi connectivity index (χ2n) is 4.82. The summed E-state index contributed by atoms with van der Waals surface area (Å²) in [6.07, 6.45) is 3.62. The fourth-order valence-electron chi connectivity index (χ4n) is 2.43. The number of aryl methyl sites for hydroxylation is 1. The largest absolute Gasteiger partial charge is 0.462 e. The molecule has 0 radical (unpaired) electrons. The van der Waals surface area contributed by atoms with Crippen LogP contribution in [0.15, 0.2) is 48.8 Å². The number of carbonyl (C=O) groups excluding carboxylic acids is 1. The summed E-state index contributed by atoms with van der Waals surface area (Å²) in [7, 11) is 2.01. The summed E-state index contributed by atoms with van der Waals surface area (Å²) in [4.78, 5) is 16.0. The molecule has 0 N–H and O–H groups in total. The predicted octanol–water partition coefficient (Wildman–Crippen LogP) is 3.42. The van der Waals surface area contributed by atoms with Crippen LogP contribution in [0, 0.1) is 0 Å². The lowest BCUT2D eigenvalue weighted by molar-refractivity contribution is 0.0526. The zero-order valence-electron chi connectivity index (χ0n) is 12.0. The maximum Gasteiger partial charge on any atom is 0.339 e. The lowest BCUT2D eigenvalue weighted by atomic mass is 10.1. The molecule has 0 unspecified atom stereocenters. The molecule has 4 nitrogen and oxygen atoms in total. The number of carbonyl (C=O) groups is 1. The number of benzene rings is 1. The Morgan fingerprint density at radius 3 is 2.76 bits per heavy atom. The predicted molar refractivity (Wildman–Crippen MR) is 82.1 cm³/mol. The average Bonchev–Trinajstić information content (AvgIpc) is 2.85. The molecule has 0 aliphatic heterocycles. The fraction of sp³-hybridized carbons (Fsp3) is 0.176. The number of hydrogen-bond donors (Lipinski definition) is 0. The molecule has 0 amide bonds. The van der Waals surface area contributed by atoms with E-state index < -0.39 is 0 Å². The van der Waals surface area contributed by atoms with E-state index in [-0.39, 0.29) is 5.97 Å². The van der Waals surface area contributed by atoms with E-state index in [1.54, 1.807) is 19.2 Å². The first-order valence-corrected chi connectivity index (χ1v) is 6.88. The van der Waals surface area contributed by atoms with Crippen molar-refractivity contribution in [2.45, 2.75) is 6.92 Å². The number of esters is 1. The Hall–Kier alpha value is -2.62. The van der Waals surface area contributed by atoms with Crippen LogP contribution in [0.2, 0.25) is 0 Å². The third kappa shape index (κ3) is 2.40. The number of para-hydroxylation sites is 1. The number of nitrogens with zero attached hydrogens (tertiary/aromatic N) is 2. The molecule has 3 rings (SSSR count). The van der Waals surface area contributed by atoms with E-state index in [2.05, 4.69) is 27.9 Å². The Bertz CT molecular complexity index is 788. The molecule has 106 valence electrons. The summed E-state index contributed by atoms with van der Waals surface area (Å²) in [6, 6.07) is 11.8. The van der Waals surface area contributed by atoms with Gasteiger partial charge in [-0.1, -0.05) is 18.2 Å². The van der Waals surface area contributed by atoms with Gasteiger partial charge in [0.1, 0.15) is 0 Å². The van der Waals surface area contributed by atoms with Gasteiger partial charge >= 0.3 is 5.97 Å². The monoisotopic (exact) mass is 280 g/mol. The second kappa shape index (κ2) is 5.40. The van der Waals surface area contributed by atoms with Crippen LogP contribution in [0.5, 0.6) is 0 Å². The van der Waals surface area contributed by atoms with Crippen molar-refractivity contribution in [3.63, 3.8) is 0 Å². The maximum atomic E-state index is 11.6. The highest BCUT2D eigenvalue weighted by molar-refractivity contribution is 5.95. The fourth-order valence-corrected chi connectivity index (χ4v) is 2.43. The van der Waals surface area contributed by atoms with Gasteiger partial charge in [0.15, 0.2) is 0 Å². The van der Waals surface area contributed by atoms with Gasteiger partial charge in [0.2, 0.25) is 0 Å². The van der Waals surface area contributed by atoms with Crippen molar-refractivity contribution in [1.29, 1.82) is 0 Å². The Labute approximate surface area is 123 Å². The quantitative estimate of drug-likeness (QED) is 0.690. The van der Waals surface area contributed by atoms with Crippen molar-refractivity contribution in [2.24, 2.45) is 7.05 Å². The van der Waals surface area contributed by atoms with Gasteiger partial charge in [0.05, 0.1) is 17.9 Å². The van der Waals surface area contributed by atoms with Crippen molar-refractivity contribution >= 4 is 16.9 Å². The van der Waals surface area contributed by atoms with Crippen LogP contribution >= 0.6 is 0 Å². The highest BCUT2D eigenvalue weighted by Crippen LogP contribution is 2.28. The van der Waals surface area contributed by atoms with Crippen LogP contribution in [-0.2, 0) is 11.8 Å². The summed E-state index contributed by atoms with van der Waals surface area (Å²) >= 11 is 0. The summed E-state index contributed by atoms with van der Waals surface area (Å²) in [5.74, 6) is -0.338. The van der Waals surface area contributed by atoms with Crippen LogP contribution in [0.1, 0.15) is 17.3 Å². The summed E-state index contributed by atoms with van der Waals surface area (Å²) in [6.45, 7) is 2.15. The van der Waals surface area contributed by atoms with Crippen molar-refractivity contribution in [3.05, 3.63) is 54.4 Å². The lowest BCUT2D eigenvalue weighted by Crippen LogP contribution is -2.04. The Balaban J connectivity index is 2.02. The van der Waals surface area contributed by atoms with Gasteiger partial charge in [-0.3, -0.25) is 4.98 Å². The Kier molecular flexibility index (Phi) is 3.44. The van der Waals surface area contributed by atoms with Crippen LogP contribution in [0.25, 0.3) is 22.2 Å². The van der Waals surface area contributed by atoms with Gasteiger partial charge < -0.3 is 9.30 Å². The maximum absolute atomic E-state index is 11.6. The standard InChI is InChI=1S/C17H16N2O2/c1-3-21-17(20)12-8-9-15(18-10-12)14-11-19(2)16-7-5-4-6-13(14)16/h4-11H,3H2,1-2H3. The molecule has 0 aliphatic carbocycles. The first-order chi connectivity index (χ1) is 10.2. The zero-order valence-corrected chi connectivity index (χ0v) is 12.0. The number of aromatic nitrogens is 2. The summed E-state index contributed by atoms with van der Waals surface area (Å²) in [5.41, 5.74) is 3.54. The molecule has 1 aromatic carbocycles. The van der Waals surface area contributed by atoms with E-state index in [1.165, 1.54) is 0 Å². The molecule has 0 aliphatic rings. The number of hydrogen-bond acceptors (Lipinski definition) is 3. The minimum absolute atomic E-state index is 0.338. The first kappa shape index (κ1) is 13.4. The Morgan fingerprint density at radius 2 is 2.05 bits per heavy atom. The van der Waals surface area contributed by atoms with Gasteiger partial charge in [-0.2, -0.15) is 0 Å². The molecule has 3 aromatic rings. The molecular weight excluding hydrogens is 264 g/mol. The second-order valence-corrected chi connectivity index (χ2v) is 4.82. The lowest BCUT2D eigenvalue weighted by Gasteiger charge is -2.03. The third-order valence-corrected chi connectivity index (χ3v) is 3.45. The molecule has 0 saturated carbocycles. The van der Waals surface area contributed by atoms with E-state index >= 15 is 0 Å². The van der Waals surface area contributed by atoms with Crippen molar-refractivity contribution in [2.75, 3.05) is 6.61 Å². The van der Waals surface area contributed by atoms with Gasteiger partial charge in [0, 0.05) is 35.9 Å². The normalized spacial score (nSPS) is 10.8. The van der Waals surface area contributed by atoms with Gasteiger partial charge in [-0.25, -0.2) is 4.79 Å². The van der Waals surface area contributed by atoms with E-state index in [9.17, 15) is 4.79 Å². The van der Waals surface area contributed by atoms with Crippen molar-refractivity contribution in [3.8, 4) is 11.3 Å². The number of pyridine rings is 1. The topological polar surface area (TPSA) is 44.1 Å². The highest BCUT2D eigenvalue weighted by Gasteiger charge is 2.11.